The number of nitrogens with one attached hydrogen (secondary N) is 2. The number of hydrogen-bond acceptors (Lipinski definition) is 11. The van der Waals surface area contributed by atoms with Gasteiger partial charge in [0.25, 0.3) is 11.8 Å². The number of methoxy groups -OCH3 is 1. The van der Waals surface area contributed by atoms with Crippen LogP contribution in [-0.2, 0) is 4.79 Å². The van der Waals surface area contributed by atoms with E-state index in [1.165, 1.54) is 0 Å². The Bertz CT molecular complexity index is 1440. The van der Waals surface area contributed by atoms with Crippen molar-refractivity contribution < 1.29 is 19.1 Å². The highest BCUT2D eigenvalue weighted by atomic mass is 16.5. The largest absolute Gasteiger partial charge is 0.497 e. The smallest absolute Gasteiger partial charge is 0.273 e. The molecular formula is C31H39N9O4. The zero-order valence-electron chi connectivity index (χ0n) is 25.1. The van der Waals surface area contributed by atoms with E-state index in [-0.39, 0.29) is 23.5 Å². The lowest BCUT2D eigenvalue weighted by Crippen LogP contribution is -2.48. The fourth-order valence-electron chi connectivity index (χ4n) is 5.72. The third kappa shape index (κ3) is 7.40. The van der Waals surface area contributed by atoms with E-state index in [1.807, 2.05) is 36.2 Å². The maximum atomic E-state index is 12.8. The van der Waals surface area contributed by atoms with Crippen LogP contribution in [0.4, 0.5) is 23.1 Å². The molecule has 232 valence electrons. The maximum absolute atomic E-state index is 12.8. The van der Waals surface area contributed by atoms with Gasteiger partial charge in [-0.2, -0.15) is 4.98 Å². The van der Waals surface area contributed by atoms with E-state index in [2.05, 4.69) is 35.6 Å². The van der Waals surface area contributed by atoms with Crippen molar-refractivity contribution in [2.75, 3.05) is 62.0 Å². The first kappa shape index (κ1) is 30.7. The van der Waals surface area contributed by atoms with Crippen molar-refractivity contribution in [3.05, 3.63) is 59.8 Å². The predicted molar refractivity (Wildman–Crippen MR) is 168 cm³/mol. The number of anilines is 4. The molecule has 0 spiro atoms. The molecule has 0 bridgehead atoms. The summed E-state index contributed by atoms with van der Waals surface area (Å²) in [6.45, 7) is 3.45. The molecule has 44 heavy (non-hydrogen) atoms. The molecule has 2 aliphatic heterocycles. The van der Waals surface area contributed by atoms with Crippen molar-refractivity contribution >= 4 is 41.2 Å². The van der Waals surface area contributed by atoms with Gasteiger partial charge in [0.15, 0.2) is 11.5 Å². The van der Waals surface area contributed by atoms with Gasteiger partial charge in [-0.1, -0.05) is 0 Å². The second kappa shape index (κ2) is 14.1. The number of primary amides is 1. The highest BCUT2D eigenvalue weighted by Gasteiger charge is 2.26. The molecule has 5 rings (SSSR count). The summed E-state index contributed by atoms with van der Waals surface area (Å²) in [5.74, 6) is 0.356. The van der Waals surface area contributed by atoms with Gasteiger partial charge in [0.1, 0.15) is 12.0 Å². The SMILES string of the molecule is COc1ccc(C(=O)N[C@@H]2CCCN(c3nnc(C(N)=O)c(Nc4ccc(N5CCC(N(C)CC=O)CC5)cc4)n3)C2)cc1. The van der Waals surface area contributed by atoms with E-state index in [4.69, 9.17) is 10.5 Å². The van der Waals surface area contributed by atoms with Crippen molar-refractivity contribution in [3.8, 4) is 5.75 Å². The van der Waals surface area contributed by atoms with E-state index in [0.29, 0.717) is 42.9 Å². The molecular weight excluding hydrogens is 562 g/mol. The molecule has 1 aromatic heterocycles. The minimum absolute atomic E-state index is 0.0549. The number of aromatic nitrogens is 3. The topological polar surface area (TPSA) is 159 Å². The number of nitrogens with zero attached hydrogens (tertiary/aromatic N) is 6. The Kier molecular flexibility index (Phi) is 9.85. The Hall–Kier alpha value is -4.78. The molecule has 2 saturated heterocycles. The van der Waals surface area contributed by atoms with Crippen LogP contribution in [0.15, 0.2) is 48.5 Å². The molecule has 13 nitrogen and oxygen atoms in total. The second-order valence-electron chi connectivity index (χ2n) is 11.2. The van der Waals surface area contributed by atoms with Crippen LogP contribution in [0.2, 0.25) is 0 Å². The molecule has 2 fully saturated rings. The number of carbonyl (C=O) groups excluding carboxylic acids is 3. The van der Waals surface area contributed by atoms with Gasteiger partial charge >= 0.3 is 0 Å². The van der Waals surface area contributed by atoms with Crippen molar-refractivity contribution in [1.82, 2.24) is 25.4 Å². The van der Waals surface area contributed by atoms with Crippen LogP contribution in [0, 0.1) is 0 Å². The van der Waals surface area contributed by atoms with Gasteiger partial charge in [0.05, 0.1) is 13.7 Å². The molecule has 2 amide bonds. The third-order valence-electron chi connectivity index (χ3n) is 8.25. The Labute approximate surface area is 256 Å². The molecule has 1 atom stereocenters. The van der Waals surface area contributed by atoms with Crippen LogP contribution >= 0.6 is 0 Å². The predicted octanol–water partition coefficient (Wildman–Crippen LogP) is 2.22. The molecule has 4 N–H and O–H groups in total. The van der Waals surface area contributed by atoms with Gasteiger partial charge in [-0.15, -0.1) is 10.2 Å². The summed E-state index contributed by atoms with van der Waals surface area (Å²) in [6.07, 6.45) is 4.57. The monoisotopic (exact) mass is 601 g/mol. The van der Waals surface area contributed by atoms with Crippen LogP contribution < -0.4 is 30.9 Å². The van der Waals surface area contributed by atoms with E-state index < -0.39 is 5.91 Å². The lowest BCUT2D eigenvalue weighted by atomic mass is 10.0. The average Bonchev–Trinajstić information content (AvgIpc) is 3.05. The van der Waals surface area contributed by atoms with E-state index in [0.717, 1.165) is 56.4 Å². The quantitative estimate of drug-likeness (QED) is 0.277. The summed E-state index contributed by atoms with van der Waals surface area (Å²) in [6, 6.07) is 15.2. The van der Waals surface area contributed by atoms with Gasteiger partial charge in [0, 0.05) is 55.2 Å². The van der Waals surface area contributed by atoms with Gasteiger partial charge in [0.2, 0.25) is 5.95 Å². The standard InChI is InChI=1S/C31H39N9O4/c1-38(18-19-41)24-13-16-39(17-14-24)25-9-7-22(8-10-25)33-29-27(28(32)42)36-37-31(35-29)40-15-3-4-23(20-40)34-30(43)21-5-11-26(44-2)12-6-21/h5-12,19,23-24H,3-4,13-18,20H2,1-2H3,(H2,32,42)(H,34,43)(H,33,35,37)/t23-/m1/s1. The second-order valence-corrected chi connectivity index (χ2v) is 11.2. The first-order valence-corrected chi connectivity index (χ1v) is 14.8. The Morgan fingerprint density at radius 1 is 1.02 bits per heavy atom. The van der Waals surface area contributed by atoms with Crippen molar-refractivity contribution in [2.45, 2.75) is 37.8 Å². The fraction of sp³-hybridized carbons (Fsp3) is 0.419. The zero-order chi connectivity index (χ0) is 31.1. The van der Waals surface area contributed by atoms with E-state index in [1.54, 1.807) is 31.4 Å². The number of nitrogens with two attached hydrogens (primary N) is 1. The number of likely N-dealkylation sites (N-methyl/N-ethyl adjacent to an activating group) is 1. The van der Waals surface area contributed by atoms with E-state index >= 15 is 0 Å². The number of aldehydes is 1. The van der Waals surface area contributed by atoms with Crippen LogP contribution in [0.5, 0.6) is 5.75 Å². The number of hydrogen-bond donors (Lipinski definition) is 3. The van der Waals surface area contributed by atoms with Crippen molar-refractivity contribution in [1.29, 1.82) is 0 Å². The van der Waals surface area contributed by atoms with Crippen LogP contribution in [0.1, 0.15) is 46.5 Å². The number of benzene rings is 2. The van der Waals surface area contributed by atoms with E-state index in [9.17, 15) is 14.4 Å². The molecule has 3 aromatic rings. The molecule has 2 aliphatic rings. The van der Waals surface area contributed by atoms with Gasteiger partial charge < -0.3 is 35.7 Å². The normalized spacial score (nSPS) is 17.3. The number of carbonyl (C=O) groups is 3. The first-order valence-electron chi connectivity index (χ1n) is 14.8. The highest BCUT2D eigenvalue weighted by Crippen LogP contribution is 2.26. The van der Waals surface area contributed by atoms with Gasteiger partial charge in [-0.25, -0.2) is 0 Å². The maximum Gasteiger partial charge on any atom is 0.273 e. The molecule has 0 aliphatic carbocycles. The highest BCUT2D eigenvalue weighted by molar-refractivity contribution is 5.96. The number of ether oxygens (including phenoxy) is 1. The molecule has 2 aromatic carbocycles. The van der Waals surface area contributed by atoms with Crippen LogP contribution in [0.25, 0.3) is 0 Å². The Morgan fingerprint density at radius 2 is 1.75 bits per heavy atom. The fourth-order valence-corrected chi connectivity index (χ4v) is 5.72. The Morgan fingerprint density at radius 3 is 2.41 bits per heavy atom. The summed E-state index contributed by atoms with van der Waals surface area (Å²) in [5, 5.41) is 14.6. The summed E-state index contributed by atoms with van der Waals surface area (Å²) < 4.78 is 5.17. The lowest BCUT2D eigenvalue weighted by molar-refractivity contribution is -0.109. The average molecular weight is 602 g/mol. The molecule has 0 radical (unpaired) electrons. The summed E-state index contributed by atoms with van der Waals surface area (Å²) in [4.78, 5) is 46.9. The summed E-state index contributed by atoms with van der Waals surface area (Å²) >= 11 is 0. The molecule has 0 unspecified atom stereocenters. The number of amides is 2. The van der Waals surface area contributed by atoms with Crippen LogP contribution in [-0.4, -0.2) is 97.1 Å². The van der Waals surface area contributed by atoms with Crippen LogP contribution in [0.3, 0.4) is 0 Å². The molecule has 0 saturated carbocycles. The Balaban J connectivity index is 1.23. The minimum Gasteiger partial charge on any atom is -0.497 e. The molecule has 3 heterocycles. The lowest BCUT2D eigenvalue weighted by Gasteiger charge is -2.37. The minimum atomic E-state index is -0.735. The zero-order valence-corrected chi connectivity index (χ0v) is 25.1. The van der Waals surface area contributed by atoms with Crippen molar-refractivity contribution in [2.24, 2.45) is 5.73 Å². The molecule has 13 heteroatoms. The third-order valence-corrected chi connectivity index (χ3v) is 8.25. The van der Waals surface area contributed by atoms with Gasteiger partial charge in [-0.3, -0.25) is 14.5 Å². The summed E-state index contributed by atoms with van der Waals surface area (Å²) in [5.41, 5.74) is 7.92. The number of rotatable bonds is 11. The number of piperidine rings is 2. The van der Waals surface area contributed by atoms with Crippen molar-refractivity contribution in [3.63, 3.8) is 0 Å². The van der Waals surface area contributed by atoms with Gasteiger partial charge in [-0.05, 0) is 81.3 Å². The summed E-state index contributed by atoms with van der Waals surface area (Å²) in [7, 11) is 3.58. The first-order chi connectivity index (χ1) is 21.3.